The second-order valence-corrected chi connectivity index (χ2v) is 9.45. The summed E-state index contributed by atoms with van der Waals surface area (Å²) in [5.41, 5.74) is 1.15. The Bertz CT molecular complexity index is 837. The third kappa shape index (κ3) is 4.55. The van der Waals surface area contributed by atoms with E-state index < -0.39 is 11.3 Å². The van der Waals surface area contributed by atoms with Gasteiger partial charge in [-0.25, -0.2) is 8.78 Å². The number of rotatable bonds is 9. The molecule has 0 aromatic heterocycles. The molecular weight excluding hydrogens is 364 g/mol. The molecule has 0 N–H and O–H groups in total. The van der Waals surface area contributed by atoms with Crippen molar-refractivity contribution in [3.63, 3.8) is 0 Å². The van der Waals surface area contributed by atoms with E-state index in [1.165, 1.54) is 5.56 Å². The summed E-state index contributed by atoms with van der Waals surface area (Å²) in [6, 6.07) is 17.3. The molecule has 29 heavy (non-hydrogen) atoms. The van der Waals surface area contributed by atoms with Crippen LogP contribution in [0.15, 0.2) is 48.5 Å². The molecule has 1 unspecified atom stereocenters. The summed E-state index contributed by atoms with van der Waals surface area (Å²) in [4.78, 5) is 2.52. The molecule has 4 rings (SSSR count). The maximum absolute atomic E-state index is 14.9. The van der Waals surface area contributed by atoms with Gasteiger partial charge in [0.1, 0.15) is 11.3 Å². The maximum atomic E-state index is 14.9. The van der Waals surface area contributed by atoms with Crippen LogP contribution in [0.1, 0.15) is 75.1 Å². The molecule has 0 heterocycles. The van der Waals surface area contributed by atoms with Gasteiger partial charge in [-0.2, -0.15) is 0 Å². The first kappa shape index (κ1) is 20.5. The summed E-state index contributed by atoms with van der Waals surface area (Å²) in [7, 11) is 0. The van der Waals surface area contributed by atoms with Crippen molar-refractivity contribution in [2.45, 2.75) is 89.3 Å². The fourth-order valence-electron chi connectivity index (χ4n) is 4.45. The van der Waals surface area contributed by atoms with E-state index >= 15 is 0 Å². The highest BCUT2D eigenvalue weighted by Gasteiger charge is 2.53. The smallest absolute Gasteiger partial charge is 0.136 e. The van der Waals surface area contributed by atoms with Crippen LogP contribution in [0.25, 0.3) is 0 Å². The SMILES string of the molecule is CC(C)N(Cc1ccccc1)C(C)CCc1ccc(C2(F)CC2)c(C2(F)CC2)c1. The van der Waals surface area contributed by atoms with E-state index in [2.05, 4.69) is 56.0 Å². The number of halogens is 2. The van der Waals surface area contributed by atoms with Crippen LogP contribution in [-0.2, 0) is 24.3 Å². The van der Waals surface area contributed by atoms with Crippen LogP contribution in [0.5, 0.6) is 0 Å². The molecule has 2 aromatic carbocycles. The summed E-state index contributed by atoms with van der Waals surface area (Å²) in [5.74, 6) is 0. The molecule has 0 bridgehead atoms. The lowest BCUT2D eigenvalue weighted by atomic mass is 9.92. The first-order valence-corrected chi connectivity index (χ1v) is 11.1. The Kier molecular flexibility index (Phi) is 5.54. The van der Waals surface area contributed by atoms with E-state index in [9.17, 15) is 8.78 Å². The predicted octanol–water partition coefficient (Wildman–Crippen LogP) is 6.84. The molecule has 2 aliphatic rings. The van der Waals surface area contributed by atoms with Gasteiger partial charge in [-0.1, -0.05) is 48.5 Å². The van der Waals surface area contributed by atoms with Gasteiger partial charge in [0, 0.05) is 18.6 Å². The minimum atomic E-state index is -1.28. The molecule has 0 spiro atoms. The Morgan fingerprint density at radius 2 is 1.45 bits per heavy atom. The van der Waals surface area contributed by atoms with E-state index in [1.54, 1.807) is 0 Å². The van der Waals surface area contributed by atoms with Gasteiger partial charge in [0.25, 0.3) is 0 Å². The summed E-state index contributed by atoms with van der Waals surface area (Å²) >= 11 is 0. The predicted molar refractivity (Wildman–Crippen MR) is 115 cm³/mol. The van der Waals surface area contributed by atoms with E-state index in [0.717, 1.165) is 24.9 Å². The average molecular weight is 398 g/mol. The first-order valence-electron chi connectivity index (χ1n) is 11.1. The van der Waals surface area contributed by atoms with Crippen molar-refractivity contribution in [2.24, 2.45) is 0 Å². The van der Waals surface area contributed by atoms with Crippen LogP contribution in [0.3, 0.4) is 0 Å². The molecule has 2 aliphatic carbocycles. The molecule has 2 aromatic rings. The Labute approximate surface area is 174 Å². The molecule has 1 nitrogen and oxygen atoms in total. The number of alkyl halides is 2. The van der Waals surface area contributed by atoms with Crippen LogP contribution in [0, 0.1) is 0 Å². The quantitative estimate of drug-likeness (QED) is 0.448. The standard InChI is InChI=1S/C26H33F2N/c1-19(2)29(18-22-7-5-4-6-8-22)20(3)9-10-21-11-12-23(25(27)13-14-25)24(17-21)26(28)15-16-26/h4-8,11-12,17,19-20H,9-10,13-16,18H2,1-3H3. The van der Waals surface area contributed by atoms with Crippen LogP contribution in [0.2, 0.25) is 0 Å². The van der Waals surface area contributed by atoms with Gasteiger partial charge in [-0.15, -0.1) is 0 Å². The van der Waals surface area contributed by atoms with Crippen molar-refractivity contribution >= 4 is 0 Å². The number of benzene rings is 2. The second kappa shape index (κ2) is 7.83. The summed E-state index contributed by atoms with van der Waals surface area (Å²) < 4.78 is 29.7. The molecule has 3 heteroatoms. The Morgan fingerprint density at radius 1 is 0.828 bits per heavy atom. The zero-order valence-corrected chi connectivity index (χ0v) is 17.9. The van der Waals surface area contributed by atoms with E-state index in [4.69, 9.17) is 0 Å². The van der Waals surface area contributed by atoms with Crippen molar-refractivity contribution in [3.8, 4) is 0 Å². The van der Waals surface area contributed by atoms with E-state index in [1.807, 2.05) is 18.2 Å². The minimum Gasteiger partial charge on any atom is -0.294 e. The maximum Gasteiger partial charge on any atom is 0.136 e. The molecule has 0 saturated heterocycles. The molecule has 2 saturated carbocycles. The monoisotopic (exact) mass is 397 g/mol. The topological polar surface area (TPSA) is 3.24 Å². The summed E-state index contributed by atoms with van der Waals surface area (Å²) in [5, 5.41) is 0. The van der Waals surface area contributed by atoms with Crippen LogP contribution >= 0.6 is 0 Å². The fraction of sp³-hybridized carbons (Fsp3) is 0.538. The third-order valence-electron chi connectivity index (χ3n) is 6.72. The zero-order valence-electron chi connectivity index (χ0n) is 17.9. The number of hydrogen-bond acceptors (Lipinski definition) is 1. The normalized spacial score (nSPS) is 20.1. The summed E-state index contributed by atoms with van der Waals surface area (Å²) in [6.45, 7) is 7.68. The van der Waals surface area contributed by atoms with Crippen molar-refractivity contribution in [1.29, 1.82) is 0 Å². The van der Waals surface area contributed by atoms with Gasteiger partial charge in [0.15, 0.2) is 0 Å². The largest absolute Gasteiger partial charge is 0.294 e. The van der Waals surface area contributed by atoms with Crippen LogP contribution in [0.4, 0.5) is 8.78 Å². The Morgan fingerprint density at radius 3 is 2.03 bits per heavy atom. The second-order valence-electron chi connectivity index (χ2n) is 9.45. The fourth-order valence-corrected chi connectivity index (χ4v) is 4.45. The molecule has 0 radical (unpaired) electrons. The van der Waals surface area contributed by atoms with Crippen molar-refractivity contribution < 1.29 is 8.78 Å². The van der Waals surface area contributed by atoms with Crippen molar-refractivity contribution in [1.82, 2.24) is 4.90 Å². The Hall–Kier alpha value is -1.74. The minimum absolute atomic E-state index is 0.412. The summed E-state index contributed by atoms with van der Waals surface area (Å²) in [6.07, 6.45) is 4.04. The highest BCUT2D eigenvalue weighted by Crippen LogP contribution is 2.58. The van der Waals surface area contributed by atoms with Gasteiger partial charge < -0.3 is 0 Å². The zero-order chi connectivity index (χ0) is 20.6. The molecule has 0 aliphatic heterocycles. The number of nitrogens with zero attached hydrogens (tertiary/aromatic N) is 1. The highest BCUT2D eigenvalue weighted by atomic mass is 19.1. The molecule has 0 amide bonds. The lowest BCUT2D eigenvalue weighted by Gasteiger charge is -2.33. The van der Waals surface area contributed by atoms with Gasteiger partial charge in [-0.05, 0) is 81.5 Å². The highest BCUT2D eigenvalue weighted by molar-refractivity contribution is 5.44. The number of hydrogen-bond donors (Lipinski definition) is 0. The van der Waals surface area contributed by atoms with Gasteiger partial charge in [-0.3, -0.25) is 4.90 Å². The Balaban J connectivity index is 1.45. The van der Waals surface area contributed by atoms with Crippen molar-refractivity contribution in [3.05, 3.63) is 70.8 Å². The van der Waals surface area contributed by atoms with E-state index in [-0.39, 0.29) is 0 Å². The lowest BCUT2D eigenvalue weighted by Crippen LogP contribution is -2.38. The van der Waals surface area contributed by atoms with Gasteiger partial charge in [0.05, 0.1) is 0 Å². The van der Waals surface area contributed by atoms with Crippen LogP contribution in [-0.4, -0.2) is 17.0 Å². The average Bonchev–Trinajstić information content (AvgIpc) is 3.64. The molecule has 156 valence electrons. The van der Waals surface area contributed by atoms with Crippen LogP contribution < -0.4 is 0 Å². The van der Waals surface area contributed by atoms with E-state index in [0.29, 0.717) is 48.9 Å². The molecule has 1 atom stereocenters. The lowest BCUT2D eigenvalue weighted by molar-refractivity contribution is 0.147. The molecule has 2 fully saturated rings. The third-order valence-corrected chi connectivity index (χ3v) is 6.72. The first-order chi connectivity index (χ1) is 13.8. The van der Waals surface area contributed by atoms with Gasteiger partial charge >= 0.3 is 0 Å². The number of aryl methyl sites for hydroxylation is 1. The molecular formula is C26H33F2N. The van der Waals surface area contributed by atoms with Crippen molar-refractivity contribution in [2.75, 3.05) is 0 Å². The van der Waals surface area contributed by atoms with Gasteiger partial charge in [0.2, 0.25) is 0 Å².